The number of sulfone groups is 1. The van der Waals surface area contributed by atoms with Gasteiger partial charge in [-0.3, -0.25) is 4.98 Å². The van der Waals surface area contributed by atoms with Gasteiger partial charge in [-0.05, 0) is 29.8 Å². The molecule has 0 saturated heterocycles. The largest absolute Gasteiger partial charge is 0.260 e. The van der Waals surface area contributed by atoms with Crippen LogP contribution in [0.4, 0.5) is 4.39 Å². The molecular weight excluding hydrogens is 289 g/mol. The molecule has 0 bridgehead atoms. The monoisotopic (exact) mass is 301 g/mol. The van der Waals surface area contributed by atoms with Gasteiger partial charge in [-0.15, -0.1) is 0 Å². The average molecular weight is 301 g/mol. The molecule has 2 heterocycles. The molecule has 3 rings (SSSR count). The fourth-order valence-corrected chi connectivity index (χ4v) is 3.60. The Morgan fingerprint density at radius 3 is 2.76 bits per heavy atom. The average Bonchev–Trinajstić information content (AvgIpc) is 2.44. The lowest BCUT2D eigenvalue weighted by Gasteiger charge is -2.14. The number of aryl methyl sites for hydroxylation is 1. The summed E-state index contributed by atoms with van der Waals surface area (Å²) in [6.45, 7) is 0. The number of benzene rings is 1. The summed E-state index contributed by atoms with van der Waals surface area (Å²) in [6.07, 6.45) is 2.08. The van der Waals surface area contributed by atoms with Crippen LogP contribution in [0.3, 0.4) is 0 Å². The van der Waals surface area contributed by atoms with Gasteiger partial charge in [0, 0.05) is 29.4 Å². The first-order valence-corrected chi connectivity index (χ1v) is 8.30. The number of aromatic nitrogens is 1. The van der Waals surface area contributed by atoms with Gasteiger partial charge in [0.15, 0.2) is 9.84 Å². The SMILES string of the molecule is O=S1(=O)CCc2ncc(C#Cc3cccc(F)c3)cc2C1. The second kappa shape index (κ2) is 5.30. The molecule has 2 aromatic rings. The molecule has 5 heteroatoms. The third-order valence-corrected chi connectivity index (χ3v) is 4.84. The Morgan fingerprint density at radius 2 is 1.95 bits per heavy atom. The van der Waals surface area contributed by atoms with Gasteiger partial charge in [-0.25, -0.2) is 12.8 Å². The summed E-state index contributed by atoms with van der Waals surface area (Å²) in [5, 5.41) is 0. The number of rotatable bonds is 0. The fraction of sp³-hybridized carbons (Fsp3) is 0.188. The Hall–Kier alpha value is -2.19. The minimum absolute atomic E-state index is 0.0187. The third kappa shape index (κ3) is 3.29. The van der Waals surface area contributed by atoms with E-state index in [0.29, 0.717) is 23.1 Å². The van der Waals surface area contributed by atoms with Gasteiger partial charge in [-0.2, -0.15) is 0 Å². The molecule has 0 amide bonds. The molecule has 0 fully saturated rings. The minimum Gasteiger partial charge on any atom is -0.260 e. The number of nitrogens with zero attached hydrogens (tertiary/aromatic N) is 1. The molecule has 0 radical (unpaired) electrons. The van der Waals surface area contributed by atoms with E-state index in [2.05, 4.69) is 16.8 Å². The van der Waals surface area contributed by atoms with Crippen LogP contribution in [-0.4, -0.2) is 19.2 Å². The minimum atomic E-state index is -3.02. The number of halogens is 1. The summed E-state index contributed by atoms with van der Waals surface area (Å²) in [6, 6.07) is 7.77. The van der Waals surface area contributed by atoms with E-state index in [1.54, 1.807) is 24.4 Å². The zero-order valence-electron chi connectivity index (χ0n) is 11.1. The molecule has 0 N–H and O–H groups in total. The molecule has 1 aromatic heterocycles. The van der Waals surface area contributed by atoms with E-state index >= 15 is 0 Å². The lowest BCUT2D eigenvalue weighted by Crippen LogP contribution is -2.20. The Bertz CT molecular complexity index is 863. The maximum atomic E-state index is 13.1. The first-order chi connectivity index (χ1) is 10.0. The molecule has 0 unspecified atom stereocenters. The molecule has 0 aliphatic carbocycles. The van der Waals surface area contributed by atoms with Gasteiger partial charge >= 0.3 is 0 Å². The van der Waals surface area contributed by atoms with Crippen molar-refractivity contribution in [3.05, 3.63) is 64.7 Å². The third-order valence-electron chi connectivity index (χ3n) is 3.26. The summed E-state index contributed by atoms with van der Waals surface area (Å²) in [5.41, 5.74) is 2.74. The molecule has 0 saturated carbocycles. The standard InChI is InChI=1S/C16H12FNO2S/c17-15-3-1-2-12(9-15)4-5-13-8-14-11-21(19,20)7-6-16(14)18-10-13/h1-3,8-10H,6-7,11H2. The van der Waals surface area contributed by atoms with Crippen molar-refractivity contribution in [2.75, 3.05) is 5.75 Å². The van der Waals surface area contributed by atoms with E-state index in [1.807, 2.05) is 0 Å². The van der Waals surface area contributed by atoms with Crippen LogP contribution < -0.4 is 0 Å². The number of fused-ring (bicyclic) bond motifs is 1. The maximum Gasteiger partial charge on any atom is 0.154 e. The Kier molecular flexibility index (Phi) is 3.48. The van der Waals surface area contributed by atoms with Crippen molar-refractivity contribution >= 4 is 9.84 Å². The van der Waals surface area contributed by atoms with E-state index in [1.165, 1.54) is 12.1 Å². The summed E-state index contributed by atoms with van der Waals surface area (Å²) in [4.78, 5) is 4.27. The predicted octanol–water partition coefficient (Wildman–Crippen LogP) is 2.09. The van der Waals surface area contributed by atoms with Crippen molar-refractivity contribution in [1.82, 2.24) is 4.98 Å². The van der Waals surface area contributed by atoms with Crippen molar-refractivity contribution in [3.63, 3.8) is 0 Å². The quantitative estimate of drug-likeness (QED) is 0.700. The molecule has 21 heavy (non-hydrogen) atoms. The van der Waals surface area contributed by atoms with Crippen molar-refractivity contribution in [3.8, 4) is 11.8 Å². The first-order valence-electron chi connectivity index (χ1n) is 6.48. The summed E-state index contributed by atoms with van der Waals surface area (Å²) in [5.74, 6) is 5.58. The van der Waals surface area contributed by atoms with Crippen molar-refractivity contribution in [2.45, 2.75) is 12.2 Å². The van der Waals surface area contributed by atoms with Crippen LogP contribution in [0.5, 0.6) is 0 Å². The van der Waals surface area contributed by atoms with E-state index in [9.17, 15) is 12.8 Å². The van der Waals surface area contributed by atoms with E-state index < -0.39 is 9.84 Å². The van der Waals surface area contributed by atoms with Crippen LogP contribution in [-0.2, 0) is 22.0 Å². The zero-order valence-corrected chi connectivity index (χ0v) is 12.0. The van der Waals surface area contributed by atoms with Crippen LogP contribution in [0, 0.1) is 17.7 Å². The highest BCUT2D eigenvalue weighted by Gasteiger charge is 2.22. The highest BCUT2D eigenvalue weighted by Crippen LogP contribution is 2.19. The number of hydrogen-bond donors (Lipinski definition) is 0. The van der Waals surface area contributed by atoms with Gasteiger partial charge in [0.2, 0.25) is 0 Å². The lowest BCUT2D eigenvalue weighted by atomic mass is 10.1. The van der Waals surface area contributed by atoms with E-state index in [4.69, 9.17) is 0 Å². The topological polar surface area (TPSA) is 47.0 Å². The summed E-state index contributed by atoms with van der Waals surface area (Å²) < 4.78 is 36.3. The second-order valence-electron chi connectivity index (χ2n) is 4.93. The van der Waals surface area contributed by atoms with Crippen LogP contribution in [0.15, 0.2) is 36.5 Å². The van der Waals surface area contributed by atoms with Crippen molar-refractivity contribution < 1.29 is 12.8 Å². The Labute approximate surface area is 122 Å². The van der Waals surface area contributed by atoms with Crippen molar-refractivity contribution in [1.29, 1.82) is 0 Å². The van der Waals surface area contributed by atoms with Gasteiger partial charge in [-0.1, -0.05) is 17.9 Å². The first kappa shape index (κ1) is 13.8. The maximum absolute atomic E-state index is 13.1. The second-order valence-corrected chi connectivity index (χ2v) is 7.12. The normalized spacial score (nSPS) is 15.7. The van der Waals surface area contributed by atoms with Crippen LogP contribution in [0.2, 0.25) is 0 Å². The molecule has 106 valence electrons. The van der Waals surface area contributed by atoms with Gasteiger partial charge in [0.25, 0.3) is 0 Å². The van der Waals surface area contributed by atoms with E-state index in [-0.39, 0.29) is 17.3 Å². The smallest absolute Gasteiger partial charge is 0.154 e. The molecular formula is C16H12FNO2S. The molecule has 1 aliphatic heterocycles. The van der Waals surface area contributed by atoms with E-state index in [0.717, 1.165) is 5.69 Å². The molecule has 1 aromatic carbocycles. The van der Waals surface area contributed by atoms with Gasteiger partial charge in [0.1, 0.15) is 5.82 Å². The van der Waals surface area contributed by atoms with Gasteiger partial charge in [0.05, 0.1) is 11.5 Å². The predicted molar refractivity (Wildman–Crippen MR) is 77.8 cm³/mol. The Morgan fingerprint density at radius 1 is 1.14 bits per heavy atom. The van der Waals surface area contributed by atoms with Crippen LogP contribution in [0.25, 0.3) is 0 Å². The van der Waals surface area contributed by atoms with Crippen LogP contribution >= 0.6 is 0 Å². The highest BCUT2D eigenvalue weighted by atomic mass is 32.2. The zero-order chi connectivity index (χ0) is 14.9. The number of pyridine rings is 1. The molecule has 3 nitrogen and oxygen atoms in total. The molecule has 0 spiro atoms. The molecule has 1 aliphatic rings. The van der Waals surface area contributed by atoms with Crippen LogP contribution in [0.1, 0.15) is 22.4 Å². The Balaban J connectivity index is 1.92. The highest BCUT2D eigenvalue weighted by molar-refractivity contribution is 7.90. The lowest BCUT2D eigenvalue weighted by molar-refractivity contribution is 0.590. The number of hydrogen-bond acceptors (Lipinski definition) is 3. The molecule has 0 atom stereocenters. The summed E-state index contributed by atoms with van der Waals surface area (Å²) in [7, 11) is -3.02. The fourth-order valence-electron chi connectivity index (χ4n) is 2.23. The van der Waals surface area contributed by atoms with Gasteiger partial charge < -0.3 is 0 Å². The summed E-state index contributed by atoms with van der Waals surface area (Å²) >= 11 is 0. The van der Waals surface area contributed by atoms with Crippen molar-refractivity contribution in [2.24, 2.45) is 0 Å².